The maximum Gasteiger partial charge on any atom is 0.220 e. The molecule has 3 N–H and O–H groups in total. The van der Waals surface area contributed by atoms with Crippen LogP contribution in [-0.2, 0) is 4.79 Å². The zero-order chi connectivity index (χ0) is 15.7. The summed E-state index contributed by atoms with van der Waals surface area (Å²) in [4.78, 5) is 14.1. The van der Waals surface area contributed by atoms with Gasteiger partial charge in [-0.3, -0.25) is 4.79 Å². The summed E-state index contributed by atoms with van der Waals surface area (Å²) >= 11 is 0. The summed E-state index contributed by atoms with van der Waals surface area (Å²) in [7, 11) is 2.09. The Balaban J connectivity index is 2.20. The van der Waals surface area contributed by atoms with Crippen LogP contribution in [0, 0.1) is 0 Å². The summed E-state index contributed by atoms with van der Waals surface area (Å²) in [6, 6.07) is 10.4. The van der Waals surface area contributed by atoms with Crippen LogP contribution in [0.15, 0.2) is 30.3 Å². The molecule has 21 heavy (non-hydrogen) atoms. The van der Waals surface area contributed by atoms with Gasteiger partial charge in [0.15, 0.2) is 0 Å². The average Bonchev–Trinajstić information content (AvgIpc) is 2.52. The van der Waals surface area contributed by atoms with Crippen LogP contribution in [-0.4, -0.2) is 37.0 Å². The predicted molar refractivity (Wildman–Crippen MR) is 88.0 cm³/mol. The number of carbonyl (C=O) groups is 1. The van der Waals surface area contributed by atoms with E-state index in [1.54, 1.807) is 0 Å². The maximum absolute atomic E-state index is 11.8. The van der Waals surface area contributed by atoms with Crippen LogP contribution in [0.4, 0.5) is 0 Å². The van der Waals surface area contributed by atoms with Crippen molar-refractivity contribution in [1.29, 1.82) is 0 Å². The molecule has 4 nitrogen and oxygen atoms in total. The van der Waals surface area contributed by atoms with E-state index in [-0.39, 0.29) is 11.9 Å². The summed E-state index contributed by atoms with van der Waals surface area (Å²) in [6.07, 6.45) is 2.27. The summed E-state index contributed by atoms with van der Waals surface area (Å²) < 4.78 is 0. The lowest BCUT2D eigenvalue weighted by molar-refractivity contribution is -0.121. The van der Waals surface area contributed by atoms with Gasteiger partial charge in [0.25, 0.3) is 0 Å². The minimum atomic E-state index is -0.0697. The number of nitrogens with zero attached hydrogens (tertiary/aromatic N) is 1. The molecule has 0 heterocycles. The molecule has 2 unspecified atom stereocenters. The Morgan fingerprint density at radius 2 is 2.00 bits per heavy atom. The number of amides is 1. The fourth-order valence-electron chi connectivity index (χ4n) is 2.15. The van der Waals surface area contributed by atoms with Gasteiger partial charge in [-0.25, -0.2) is 0 Å². The van der Waals surface area contributed by atoms with E-state index in [1.165, 1.54) is 0 Å². The molecule has 1 aromatic carbocycles. The predicted octanol–water partition coefficient (Wildman–Crippen LogP) is 2.31. The minimum Gasteiger partial charge on any atom is -0.355 e. The summed E-state index contributed by atoms with van der Waals surface area (Å²) in [5, 5.41) is 2.96. The topological polar surface area (TPSA) is 58.4 Å². The number of hydrogen-bond acceptors (Lipinski definition) is 3. The maximum atomic E-state index is 11.8. The fourth-order valence-corrected chi connectivity index (χ4v) is 2.15. The van der Waals surface area contributed by atoms with Gasteiger partial charge in [0, 0.05) is 31.6 Å². The molecule has 0 saturated heterocycles. The Morgan fingerprint density at radius 1 is 1.33 bits per heavy atom. The second-order valence-corrected chi connectivity index (χ2v) is 5.64. The molecule has 0 fully saturated rings. The van der Waals surface area contributed by atoms with E-state index in [4.69, 9.17) is 5.73 Å². The van der Waals surface area contributed by atoms with Crippen molar-refractivity contribution in [3.8, 4) is 0 Å². The summed E-state index contributed by atoms with van der Waals surface area (Å²) in [5.41, 5.74) is 7.17. The molecule has 0 aliphatic carbocycles. The third-order valence-corrected chi connectivity index (χ3v) is 4.04. The Bertz CT molecular complexity index is 408. The second-order valence-electron chi connectivity index (χ2n) is 5.64. The van der Waals surface area contributed by atoms with Gasteiger partial charge < -0.3 is 16.0 Å². The van der Waals surface area contributed by atoms with Crippen molar-refractivity contribution in [3.05, 3.63) is 35.9 Å². The molecule has 0 radical (unpaired) electrons. The molecular weight excluding hydrogens is 262 g/mol. The second kappa shape index (κ2) is 9.53. The molecular formula is C17H29N3O. The molecule has 0 spiro atoms. The lowest BCUT2D eigenvalue weighted by Gasteiger charge is -2.23. The Kier molecular flexibility index (Phi) is 8.01. The molecule has 2 atom stereocenters. The van der Waals surface area contributed by atoms with E-state index >= 15 is 0 Å². The number of likely N-dealkylation sites (N-methyl/N-ethyl adjacent to an activating group) is 1. The lowest BCUT2D eigenvalue weighted by atomic mass is 10.0. The minimum absolute atomic E-state index is 0.0697. The highest BCUT2D eigenvalue weighted by atomic mass is 16.1. The normalized spacial score (nSPS) is 14.0. The van der Waals surface area contributed by atoms with Gasteiger partial charge in [-0.15, -0.1) is 0 Å². The lowest BCUT2D eigenvalue weighted by Crippen LogP contribution is -2.37. The highest BCUT2D eigenvalue weighted by Crippen LogP contribution is 2.14. The SMILES string of the molecule is CCC(C)N(C)CCNC(=O)CCC(N)c1ccccc1. The summed E-state index contributed by atoms with van der Waals surface area (Å²) in [6.45, 7) is 5.94. The van der Waals surface area contributed by atoms with Gasteiger partial charge in [0.2, 0.25) is 5.91 Å². The molecule has 0 aromatic heterocycles. The number of nitrogens with two attached hydrogens (primary N) is 1. The molecule has 1 rings (SSSR count). The third-order valence-electron chi connectivity index (χ3n) is 4.04. The van der Waals surface area contributed by atoms with Gasteiger partial charge in [-0.05, 0) is 32.4 Å². The van der Waals surface area contributed by atoms with Crippen molar-refractivity contribution in [2.45, 2.75) is 45.2 Å². The molecule has 4 heteroatoms. The van der Waals surface area contributed by atoms with E-state index in [1.807, 2.05) is 30.3 Å². The number of hydrogen-bond donors (Lipinski definition) is 2. The first kappa shape index (κ1) is 17.7. The van der Waals surface area contributed by atoms with Crippen LogP contribution in [0.2, 0.25) is 0 Å². The molecule has 1 amide bonds. The van der Waals surface area contributed by atoms with E-state index in [0.717, 1.165) is 18.5 Å². The van der Waals surface area contributed by atoms with Crippen LogP contribution in [0.3, 0.4) is 0 Å². The monoisotopic (exact) mass is 291 g/mol. The van der Waals surface area contributed by atoms with Gasteiger partial charge in [0.05, 0.1) is 0 Å². The van der Waals surface area contributed by atoms with Crippen molar-refractivity contribution in [1.82, 2.24) is 10.2 Å². The molecule has 0 bridgehead atoms. The molecule has 0 aliphatic rings. The van der Waals surface area contributed by atoms with Crippen molar-refractivity contribution >= 4 is 5.91 Å². The zero-order valence-corrected chi connectivity index (χ0v) is 13.5. The molecule has 1 aromatic rings. The van der Waals surface area contributed by atoms with Crippen molar-refractivity contribution in [2.75, 3.05) is 20.1 Å². The van der Waals surface area contributed by atoms with E-state index in [9.17, 15) is 4.79 Å². The van der Waals surface area contributed by atoms with Gasteiger partial charge in [-0.2, -0.15) is 0 Å². The number of rotatable bonds is 9. The first-order valence-electron chi connectivity index (χ1n) is 7.82. The molecule has 0 aliphatic heterocycles. The first-order chi connectivity index (χ1) is 10.0. The number of carbonyl (C=O) groups excluding carboxylic acids is 1. The first-order valence-corrected chi connectivity index (χ1v) is 7.82. The van der Waals surface area contributed by atoms with Gasteiger partial charge >= 0.3 is 0 Å². The zero-order valence-electron chi connectivity index (χ0n) is 13.5. The Hall–Kier alpha value is -1.39. The standard InChI is InChI=1S/C17H29N3O/c1-4-14(2)20(3)13-12-19-17(21)11-10-16(18)15-8-6-5-7-9-15/h5-9,14,16H,4,10-13,18H2,1-3H3,(H,19,21). The highest BCUT2D eigenvalue weighted by Gasteiger charge is 2.10. The fraction of sp³-hybridized carbons (Fsp3) is 0.588. The molecule has 118 valence electrons. The van der Waals surface area contributed by atoms with Gasteiger partial charge in [0.1, 0.15) is 0 Å². The average molecular weight is 291 g/mol. The van der Waals surface area contributed by atoms with E-state index < -0.39 is 0 Å². The van der Waals surface area contributed by atoms with E-state index in [2.05, 4.69) is 31.1 Å². The largest absolute Gasteiger partial charge is 0.355 e. The Morgan fingerprint density at radius 3 is 2.62 bits per heavy atom. The van der Waals surface area contributed by atoms with Gasteiger partial charge in [-0.1, -0.05) is 37.3 Å². The number of benzene rings is 1. The van der Waals surface area contributed by atoms with Crippen molar-refractivity contribution < 1.29 is 4.79 Å². The smallest absolute Gasteiger partial charge is 0.220 e. The van der Waals surface area contributed by atoms with Crippen LogP contribution < -0.4 is 11.1 Å². The quantitative estimate of drug-likeness (QED) is 0.734. The highest BCUT2D eigenvalue weighted by molar-refractivity contribution is 5.75. The molecule has 0 saturated carbocycles. The summed E-state index contributed by atoms with van der Waals surface area (Å²) in [5.74, 6) is 0.0823. The van der Waals surface area contributed by atoms with Crippen LogP contribution in [0.1, 0.15) is 44.7 Å². The van der Waals surface area contributed by atoms with E-state index in [0.29, 0.717) is 25.4 Å². The Labute approximate surface area is 128 Å². The number of nitrogens with one attached hydrogen (secondary N) is 1. The van der Waals surface area contributed by atoms with Crippen molar-refractivity contribution in [2.24, 2.45) is 5.73 Å². The van der Waals surface area contributed by atoms with Crippen LogP contribution in [0.25, 0.3) is 0 Å². The van der Waals surface area contributed by atoms with Crippen LogP contribution >= 0.6 is 0 Å². The van der Waals surface area contributed by atoms with Crippen LogP contribution in [0.5, 0.6) is 0 Å². The van der Waals surface area contributed by atoms with Crippen molar-refractivity contribution in [3.63, 3.8) is 0 Å². The third kappa shape index (κ3) is 6.74.